The number of thiophene rings is 1. The summed E-state index contributed by atoms with van der Waals surface area (Å²) in [5, 5.41) is 10.9. The first-order valence-corrected chi connectivity index (χ1v) is 10.7. The number of aromatic amines is 1. The van der Waals surface area contributed by atoms with E-state index in [4.69, 9.17) is 12.2 Å². The summed E-state index contributed by atoms with van der Waals surface area (Å²) < 4.78 is 1.82. The second kappa shape index (κ2) is 8.30. The minimum atomic E-state index is -0.265. The Morgan fingerprint density at radius 3 is 2.76 bits per heavy atom. The predicted octanol–water partition coefficient (Wildman–Crippen LogP) is 3.81. The van der Waals surface area contributed by atoms with Gasteiger partial charge in [0.25, 0.3) is 5.91 Å². The first-order chi connectivity index (χ1) is 14.0. The number of H-pyrrole nitrogens is 1. The number of rotatable bonds is 5. The zero-order valence-corrected chi connectivity index (χ0v) is 17.6. The van der Waals surface area contributed by atoms with Crippen molar-refractivity contribution < 1.29 is 9.59 Å². The van der Waals surface area contributed by atoms with Crippen molar-refractivity contribution in [1.82, 2.24) is 14.9 Å². The molecule has 0 saturated heterocycles. The Kier molecular flexibility index (Phi) is 5.59. The third-order valence-electron chi connectivity index (χ3n) is 4.90. The first-order valence-electron chi connectivity index (χ1n) is 9.46. The molecule has 0 radical (unpaired) electrons. The zero-order chi connectivity index (χ0) is 20.4. The first kappa shape index (κ1) is 19.5. The summed E-state index contributed by atoms with van der Waals surface area (Å²) in [7, 11) is 0. The van der Waals surface area contributed by atoms with Gasteiger partial charge in [-0.1, -0.05) is 18.2 Å². The van der Waals surface area contributed by atoms with Crippen LogP contribution in [0.1, 0.15) is 52.0 Å². The van der Waals surface area contributed by atoms with Gasteiger partial charge in [-0.25, -0.2) is 4.68 Å². The molecular weight excluding hydrogens is 406 g/mol. The molecule has 0 saturated carbocycles. The van der Waals surface area contributed by atoms with E-state index in [0.29, 0.717) is 22.6 Å². The molecule has 9 heteroatoms. The van der Waals surface area contributed by atoms with E-state index < -0.39 is 0 Å². The van der Waals surface area contributed by atoms with Gasteiger partial charge in [0, 0.05) is 23.8 Å². The Labute approximate surface area is 177 Å². The third-order valence-corrected chi connectivity index (χ3v) is 6.42. The van der Waals surface area contributed by atoms with Gasteiger partial charge in [-0.3, -0.25) is 20.1 Å². The van der Waals surface area contributed by atoms with Gasteiger partial charge in [-0.05, 0) is 61.2 Å². The molecule has 7 nitrogen and oxygen atoms in total. The lowest BCUT2D eigenvalue weighted by atomic mass is 9.94. The van der Waals surface area contributed by atoms with E-state index in [1.807, 2.05) is 18.2 Å². The SMILES string of the molecule is CC(=O)Nc1sc2c(c1Cc1n[nH]c(=S)n1NC(=O)c1ccccc1)CCCC2. The van der Waals surface area contributed by atoms with E-state index in [-0.39, 0.29) is 11.8 Å². The number of benzene rings is 1. The number of anilines is 1. The van der Waals surface area contributed by atoms with E-state index in [1.54, 1.807) is 23.5 Å². The van der Waals surface area contributed by atoms with Crippen molar-refractivity contribution in [2.24, 2.45) is 0 Å². The Hall–Kier alpha value is -2.78. The molecule has 0 bridgehead atoms. The molecule has 0 aliphatic heterocycles. The Bertz CT molecular complexity index is 1110. The van der Waals surface area contributed by atoms with Crippen molar-refractivity contribution in [3.05, 3.63) is 62.5 Å². The summed E-state index contributed by atoms with van der Waals surface area (Å²) in [5.41, 5.74) is 5.71. The highest BCUT2D eigenvalue weighted by molar-refractivity contribution is 7.71. The van der Waals surface area contributed by atoms with Crippen LogP contribution in [0.5, 0.6) is 0 Å². The molecule has 1 aliphatic carbocycles. The van der Waals surface area contributed by atoms with Crippen molar-refractivity contribution in [3.8, 4) is 0 Å². The number of hydrogen-bond donors (Lipinski definition) is 3. The molecule has 2 heterocycles. The second-order valence-corrected chi connectivity index (χ2v) is 8.46. The van der Waals surface area contributed by atoms with E-state index in [0.717, 1.165) is 36.2 Å². The van der Waals surface area contributed by atoms with E-state index in [1.165, 1.54) is 22.0 Å². The topological polar surface area (TPSA) is 91.8 Å². The highest BCUT2D eigenvalue weighted by Gasteiger charge is 2.23. The fourth-order valence-electron chi connectivity index (χ4n) is 3.56. The Morgan fingerprint density at radius 1 is 1.24 bits per heavy atom. The van der Waals surface area contributed by atoms with Crippen LogP contribution in [0.15, 0.2) is 30.3 Å². The summed E-state index contributed by atoms with van der Waals surface area (Å²) in [6.45, 7) is 1.51. The molecule has 3 N–H and O–H groups in total. The fourth-order valence-corrected chi connectivity index (χ4v) is 5.11. The normalized spacial score (nSPS) is 13.0. The zero-order valence-electron chi connectivity index (χ0n) is 15.9. The summed E-state index contributed by atoms with van der Waals surface area (Å²) >= 11 is 6.96. The van der Waals surface area contributed by atoms with Crippen LogP contribution in [0.25, 0.3) is 0 Å². The monoisotopic (exact) mass is 427 g/mol. The summed E-state index contributed by atoms with van der Waals surface area (Å²) in [5.74, 6) is 0.233. The van der Waals surface area contributed by atoms with Crippen LogP contribution >= 0.6 is 23.6 Å². The highest BCUT2D eigenvalue weighted by Crippen LogP contribution is 2.39. The molecule has 2 aromatic heterocycles. The quantitative estimate of drug-likeness (QED) is 0.540. The molecule has 3 aromatic rings. The van der Waals surface area contributed by atoms with Gasteiger partial charge in [0.05, 0.1) is 5.00 Å². The number of carbonyl (C=O) groups is 2. The molecule has 1 aromatic carbocycles. The summed E-state index contributed by atoms with van der Waals surface area (Å²) in [6, 6.07) is 8.95. The van der Waals surface area contributed by atoms with Crippen LogP contribution in [-0.4, -0.2) is 26.7 Å². The molecule has 2 amide bonds. The molecule has 150 valence electrons. The summed E-state index contributed by atoms with van der Waals surface area (Å²) in [4.78, 5) is 25.6. The predicted molar refractivity (Wildman–Crippen MR) is 116 cm³/mol. The van der Waals surface area contributed by atoms with E-state index in [9.17, 15) is 9.59 Å². The van der Waals surface area contributed by atoms with E-state index in [2.05, 4.69) is 20.9 Å². The standard InChI is InChI=1S/C20H21N5O2S2/c1-12(26)21-19-15(14-9-5-6-10-16(14)29-19)11-17-22-23-20(28)25(17)24-18(27)13-7-3-2-4-8-13/h2-4,7-8H,5-6,9-11H2,1H3,(H,21,26)(H,23,28)(H,24,27). The van der Waals surface area contributed by atoms with Gasteiger partial charge in [0.2, 0.25) is 10.7 Å². The third kappa shape index (κ3) is 4.15. The maximum Gasteiger partial charge on any atom is 0.270 e. The number of nitrogens with one attached hydrogen (secondary N) is 3. The van der Waals surface area contributed by atoms with Crippen LogP contribution in [0.4, 0.5) is 5.00 Å². The number of nitrogens with zero attached hydrogens (tertiary/aromatic N) is 2. The van der Waals surface area contributed by atoms with Crippen molar-refractivity contribution in [2.45, 2.75) is 39.0 Å². The maximum absolute atomic E-state index is 12.6. The molecule has 0 spiro atoms. The summed E-state index contributed by atoms with van der Waals surface area (Å²) in [6.07, 6.45) is 4.78. The molecular formula is C20H21N5O2S2. The molecule has 0 fully saturated rings. The average molecular weight is 428 g/mol. The lowest BCUT2D eigenvalue weighted by Gasteiger charge is -2.14. The van der Waals surface area contributed by atoms with Crippen molar-refractivity contribution in [1.29, 1.82) is 0 Å². The van der Waals surface area contributed by atoms with Crippen LogP contribution in [0, 0.1) is 4.77 Å². The van der Waals surface area contributed by atoms with Gasteiger partial charge >= 0.3 is 0 Å². The Balaban J connectivity index is 1.66. The van der Waals surface area contributed by atoms with Gasteiger partial charge in [-0.15, -0.1) is 11.3 Å². The molecule has 4 rings (SSSR count). The lowest BCUT2D eigenvalue weighted by Crippen LogP contribution is -2.25. The molecule has 0 atom stereocenters. The minimum absolute atomic E-state index is 0.0962. The Morgan fingerprint density at radius 2 is 2.00 bits per heavy atom. The van der Waals surface area contributed by atoms with Crippen molar-refractivity contribution in [2.75, 3.05) is 10.7 Å². The van der Waals surface area contributed by atoms with Crippen LogP contribution in [-0.2, 0) is 24.1 Å². The van der Waals surface area contributed by atoms with Crippen molar-refractivity contribution in [3.63, 3.8) is 0 Å². The number of amides is 2. The number of aromatic nitrogens is 3. The smallest absolute Gasteiger partial charge is 0.270 e. The van der Waals surface area contributed by atoms with Crippen molar-refractivity contribution >= 4 is 40.4 Å². The highest BCUT2D eigenvalue weighted by atomic mass is 32.1. The van der Waals surface area contributed by atoms with Gasteiger partial charge in [0.1, 0.15) is 0 Å². The second-order valence-electron chi connectivity index (χ2n) is 6.96. The number of fused-ring (bicyclic) bond motifs is 1. The molecule has 29 heavy (non-hydrogen) atoms. The number of carbonyl (C=O) groups excluding carboxylic acids is 2. The minimum Gasteiger partial charge on any atom is -0.318 e. The van der Waals surface area contributed by atoms with Gasteiger partial charge < -0.3 is 5.32 Å². The van der Waals surface area contributed by atoms with Gasteiger partial charge in [0.15, 0.2) is 5.82 Å². The van der Waals surface area contributed by atoms with E-state index >= 15 is 0 Å². The van der Waals surface area contributed by atoms with Crippen LogP contribution in [0.2, 0.25) is 0 Å². The average Bonchev–Trinajstić information content (AvgIpc) is 3.23. The van der Waals surface area contributed by atoms with Crippen LogP contribution in [0.3, 0.4) is 0 Å². The van der Waals surface area contributed by atoms with Gasteiger partial charge in [-0.2, -0.15) is 5.10 Å². The maximum atomic E-state index is 12.6. The number of aryl methyl sites for hydroxylation is 1. The number of hydrogen-bond acceptors (Lipinski definition) is 5. The van der Waals surface area contributed by atoms with Crippen LogP contribution < -0.4 is 10.7 Å². The molecule has 1 aliphatic rings. The molecule has 0 unspecified atom stereocenters. The fraction of sp³-hybridized carbons (Fsp3) is 0.300. The largest absolute Gasteiger partial charge is 0.318 e. The lowest BCUT2D eigenvalue weighted by molar-refractivity contribution is -0.114.